The van der Waals surface area contributed by atoms with Gasteiger partial charge < -0.3 is 19.5 Å². The Hall–Kier alpha value is -4.09. The van der Waals surface area contributed by atoms with Crippen molar-refractivity contribution in [3.63, 3.8) is 0 Å². The largest absolute Gasteiger partial charge is 0.496 e. The Labute approximate surface area is 217 Å². The number of hydrogen-bond acceptors (Lipinski definition) is 4. The molecule has 0 aliphatic carbocycles. The van der Waals surface area contributed by atoms with E-state index < -0.39 is 11.6 Å². The van der Waals surface area contributed by atoms with Gasteiger partial charge in [-0.2, -0.15) is 0 Å². The van der Waals surface area contributed by atoms with E-state index in [2.05, 4.69) is 0 Å². The van der Waals surface area contributed by atoms with Crippen molar-refractivity contribution in [2.45, 2.75) is 24.5 Å². The van der Waals surface area contributed by atoms with Gasteiger partial charge in [0.1, 0.15) is 17.1 Å². The van der Waals surface area contributed by atoms with Gasteiger partial charge in [0.2, 0.25) is 0 Å². The third-order valence-electron chi connectivity index (χ3n) is 7.27. The van der Waals surface area contributed by atoms with Gasteiger partial charge in [-0.15, -0.1) is 0 Å². The van der Waals surface area contributed by atoms with Crippen LogP contribution in [0.1, 0.15) is 34.3 Å². The summed E-state index contributed by atoms with van der Waals surface area (Å²) in [5, 5.41) is 12.8. The fraction of sp³-hybridized carbons (Fsp3) is 0.219. The minimum atomic E-state index is -1.56. The lowest BCUT2D eigenvalue weighted by molar-refractivity contribution is -0.00359. The average molecular weight is 494 g/mol. The number of likely N-dealkylation sites (tertiary alicyclic amines) is 1. The van der Waals surface area contributed by atoms with Gasteiger partial charge in [-0.1, -0.05) is 84.9 Å². The van der Waals surface area contributed by atoms with Gasteiger partial charge in [-0.3, -0.25) is 4.79 Å². The van der Waals surface area contributed by atoms with Crippen molar-refractivity contribution in [2.75, 3.05) is 20.8 Å². The lowest BCUT2D eigenvalue weighted by Gasteiger charge is -2.41. The van der Waals surface area contributed by atoms with Gasteiger partial charge in [0.25, 0.3) is 5.91 Å². The number of carbonyl (C=O) groups excluding carboxylic acids is 1. The van der Waals surface area contributed by atoms with Crippen LogP contribution in [0.25, 0.3) is 11.1 Å². The molecule has 188 valence electrons. The number of hydrogen-bond donors (Lipinski definition) is 1. The van der Waals surface area contributed by atoms with Gasteiger partial charge in [0, 0.05) is 23.2 Å². The van der Waals surface area contributed by atoms with E-state index in [1.54, 1.807) is 14.2 Å². The Morgan fingerprint density at radius 3 is 1.95 bits per heavy atom. The molecule has 4 aromatic rings. The van der Waals surface area contributed by atoms with Crippen molar-refractivity contribution in [1.82, 2.24) is 4.90 Å². The van der Waals surface area contributed by atoms with Crippen LogP contribution in [0.3, 0.4) is 0 Å². The van der Waals surface area contributed by atoms with Crippen LogP contribution in [-0.2, 0) is 5.60 Å². The van der Waals surface area contributed by atoms with Crippen LogP contribution in [0.5, 0.6) is 11.5 Å². The lowest BCUT2D eigenvalue weighted by Crippen LogP contribution is -2.50. The van der Waals surface area contributed by atoms with E-state index in [1.807, 2.05) is 108 Å². The van der Waals surface area contributed by atoms with Crippen molar-refractivity contribution >= 4 is 5.91 Å². The summed E-state index contributed by atoms with van der Waals surface area (Å²) in [5.41, 5.74) is 2.10. The molecule has 5 nitrogen and oxygen atoms in total. The maximum atomic E-state index is 14.2. The van der Waals surface area contributed by atoms with Crippen LogP contribution >= 0.6 is 0 Å². The molecule has 1 saturated heterocycles. The third-order valence-corrected chi connectivity index (χ3v) is 7.27. The van der Waals surface area contributed by atoms with E-state index >= 15 is 0 Å². The molecule has 0 spiro atoms. The molecule has 1 fully saturated rings. The maximum absolute atomic E-state index is 14.2. The molecule has 1 N–H and O–H groups in total. The fourth-order valence-electron chi connectivity index (χ4n) is 5.56. The molecule has 5 rings (SSSR count). The topological polar surface area (TPSA) is 59.0 Å². The summed E-state index contributed by atoms with van der Waals surface area (Å²) in [5.74, 6) is 1.00. The zero-order valence-corrected chi connectivity index (χ0v) is 21.1. The standard InChI is InChI=1S/C32H31NO4/c1-36-28-19-10-8-17-26(28)32(35,27-18-9-11-20-29(27)37-2)30-21-12-22-33(30)31(34)25-16-7-6-15-24(25)23-13-4-3-5-14-23/h3-11,13-20,30,35H,12,21-22H2,1-2H3/t30-/m0/s1. The molecule has 0 aromatic heterocycles. The van der Waals surface area contributed by atoms with Crippen LogP contribution in [0.4, 0.5) is 0 Å². The first-order valence-corrected chi connectivity index (χ1v) is 12.5. The van der Waals surface area contributed by atoms with E-state index in [9.17, 15) is 9.90 Å². The van der Waals surface area contributed by atoms with Gasteiger partial charge in [0.15, 0.2) is 0 Å². The summed E-state index contributed by atoms with van der Waals surface area (Å²) >= 11 is 0. The first-order chi connectivity index (χ1) is 18.1. The predicted octanol–water partition coefficient (Wildman–Crippen LogP) is 5.91. The molecule has 1 aliphatic rings. The summed E-state index contributed by atoms with van der Waals surface area (Å²) in [4.78, 5) is 16.0. The van der Waals surface area contributed by atoms with Crippen molar-refractivity contribution in [2.24, 2.45) is 0 Å². The maximum Gasteiger partial charge on any atom is 0.254 e. The number of methoxy groups -OCH3 is 2. The summed E-state index contributed by atoms with van der Waals surface area (Å²) in [6.07, 6.45) is 1.41. The normalized spacial score (nSPS) is 15.4. The molecule has 0 unspecified atom stereocenters. The van der Waals surface area contributed by atoms with Crippen LogP contribution in [-0.4, -0.2) is 42.7 Å². The fourth-order valence-corrected chi connectivity index (χ4v) is 5.56. The number of benzene rings is 4. The minimum absolute atomic E-state index is 0.106. The Morgan fingerprint density at radius 2 is 1.32 bits per heavy atom. The number of amides is 1. The quantitative estimate of drug-likeness (QED) is 0.348. The lowest BCUT2D eigenvalue weighted by atomic mass is 9.78. The SMILES string of the molecule is COc1ccccc1C(O)(c1ccccc1OC)[C@@H]1CCCN1C(=O)c1ccccc1-c1ccccc1. The van der Waals surface area contributed by atoms with Gasteiger partial charge in [0.05, 0.1) is 20.3 Å². The van der Waals surface area contributed by atoms with E-state index in [1.165, 1.54) is 0 Å². The number of aliphatic hydroxyl groups is 1. The molecule has 1 atom stereocenters. The highest BCUT2D eigenvalue weighted by atomic mass is 16.5. The van der Waals surface area contributed by atoms with E-state index in [0.29, 0.717) is 41.2 Å². The Balaban J connectivity index is 1.66. The molecule has 5 heteroatoms. The molecule has 0 radical (unpaired) electrons. The van der Waals surface area contributed by atoms with Crippen LogP contribution in [0.2, 0.25) is 0 Å². The zero-order chi connectivity index (χ0) is 25.8. The first kappa shape index (κ1) is 24.6. The predicted molar refractivity (Wildman–Crippen MR) is 145 cm³/mol. The second-order valence-electron chi connectivity index (χ2n) is 9.24. The van der Waals surface area contributed by atoms with Crippen molar-refractivity contribution < 1.29 is 19.4 Å². The van der Waals surface area contributed by atoms with Gasteiger partial charge in [-0.05, 0) is 42.2 Å². The smallest absolute Gasteiger partial charge is 0.254 e. The number of para-hydroxylation sites is 2. The van der Waals surface area contributed by atoms with Crippen LogP contribution in [0.15, 0.2) is 103 Å². The minimum Gasteiger partial charge on any atom is -0.496 e. The van der Waals surface area contributed by atoms with Gasteiger partial charge in [-0.25, -0.2) is 0 Å². The first-order valence-electron chi connectivity index (χ1n) is 12.5. The van der Waals surface area contributed by atoms with Gasteiger partial charge >= 0.3 is 0 Å². The average Bonchev–Trinajstić information content (AvgIpc) is 3.47. The number of ether oxygens (including phenoxy) is 2. The summed E-state index contributed by atoms with van der Waals surface area (Å²) < 4.78 is 11.4. The highest BCUT2D eigenvalue weighted by Crippen LogP contribution is 2.47. The van der Waals surface area contributed by atoms with Crippen molar-refractivity contribution in [3.8, 4) is 22.6 Å². The third kappa shape index (κ3) is 4.36. The molecule has 4 aromatic carbocycles. The number of nitrogens with zero attached hydrogens (tertiary/aromatic N) is 1. The molecular weight excluding hydrogens is 462 g/mol. The van der Waals surface area contributed by atoms with E-state index in [-0.39, 0.29) is 5.91 Å². The Bertz CT molecular complexity index is 1340. The number of carbonyl (C=O) groups is 1. The van der Waals surface area contributed by atoms with Crippen molar-refractivity contribution in [1.29, 1.82) is 0 Å². The molecule has 1 heterocycles. The van der Waals surface area contributed by atoms with Crippen molar-refractivity contribution in [3.05, 3.63) is 120 Å². The Morgan fingerprint density at radius 1 is 0.784 bits per heavy atom. The highest BCUT2D eigenvalue weighted by molar-refractivity contribution is 6.01. The van der Waals surface area contributed by atoms with Crippen LogP contribution in [0, 0.1) is 0 Å². The zero-order valence-electron chi connectivity index (χ0n) is 21.1. The van der Waals surface area contributed by atoms with Crippen LogP contribution < -0.4 is 9.47 Å². The number of rotatable bonds is 7. The molecule has 0 bridgehead atoms. The second-order valence-corrected chi connectivity index (χ2v) is 9.24. The summed E-state index contributed by atoms with van der Waals surface area (Å²) in [6, 6.07) is 32.0. The van der Waals surface area contributed by atoms with E-state index in [4.69, 9.17) is 9.47 Å². The highest BCUT2D eigenvalue weighted by Gasteiger charge is 2.50. The molecule has 37 heavy (non-hydrogen) atoms. The molecule has 1 amide bonds. The summed E-state index contributed by atoms with van der Waals surface area (Å²) in [6.45, 7) is 0.541. The Kier molecular flexibility index (Phi) is 6.97. The summed E-state index contributed by atoms with van der Waals surface area (Å²) in [7, 11) is 3.18. The molecule has 0 saturated carbocycles. The molecule has 1 aliphatic heterocycles. The second kappa shape index (κ2) is 10.5. The molecular formula is C32H31NO4. The monoisotopic (exact) mass is 493 g/mol. The van der Waals surface area contributed by atoms with E-state index in [0.717, 1.165) is 17.5 Å².